The highest BCUT2D eigenvalue weighted by Gasteiger charge is 2.47. The molecule has 1 saturated heterocycles. The smallest absolute Gasteiger partial charge is 0.308 e. The molecule has 10 nitrogen and oxygen atoms in total. The Morgan fingerprint density at radius 1 is 1.06 bits per heavy atom. The lowest BCUT2D eigenvalue weighted by Gasteiger charge is -2.39. The molecule has 0 bridgehead atoms. The van der Waals surface area contributed by atoms with Gasteiger partial charge < -0.3 is 9.64 Å². The molecule has 1 fully saturated rings. The van der Waals surface area contributed by atoms with Gasteiger partial charge in [-0.2, -0.15) is 0 Å². The van der Waals surface area contributed by atoms with Crippen LogP contribution in [-0.2, 0) is 14.4 Å². The van der Waals surface area contributed by atoms with Crippen LogP contribution in [0.25, 0.3) is 0 Å². The summed E-state index contributed by atoms with van der Waals surface area (Å²) in [7, 11) is 0. The highest BCUT2D eigenvalue weighted by Crippen LogP contribution is 2.32. The molecule has 1 aliphatic rings. The maximum absolute atomic E-state index is 13.3. The third kappa shape index (κ3) is 4.89. The van der Waals surface area contributed by atoms with Crippen LogP contribution in [0.3, 0.4) is 0 Å². The minimum atomic E-state index is -1.05. The molecule has 0 N–H and O–H groups in total. The quantitative estimate of drug-likeness (QED) is 0.224. The van der Waals surface area contributed by atoms with Gasteiger partial charge in [-0.3, -0.25) is 29.3 Å². The van der Waals surface area contributed by atoms with E-state index >= 15 is 0 Å². The summed E-state index contributed by atoms with van der Waals surface area (Å²) in [6, 6.07) is 9.93. The summed E-state index contributed by atoms with van der Waals surface area (Å²) < 4.78 is 4.97. The molecule has 2 aromatic rings. The monoisotopic (exact) mass is 453 g/mol. The summed E-state index contributed by atoms with van der Waals surface area (Å²) in [6.45, 7) is 6.48. The van der Waals surface area contributed by atoms with E-state index in [0.717, 1.165) is 4.90 Å². The van der Waals surface area contributed by atoms with Crippen LogP contribution in [0.1, 0.15) is 44.5 Å². The fourth-order valence-electron chi connectivity index (χ4n) is 3.70. The number of carbonyl (C=O) groups excluding carboxylic acids is 4. The number of nitro benzene ring substituents is 1. The molecular formula is C23H23N3O7. The van der Waals surface area contributed by atoms with E-state index in [-0.39, 0.29) is 23.4 Å². The van der Waals surface area contributed by atoms with Gasteiger partial charge in [0, 0.05) is 30.2 Å². The fourth-order valence-corrected chi connectivity index (χ4v) is 3.70. The number of hydrogen-bond donors (Lipinski definition) is 0. The zero-order chi connectivity index (χ0) is 24.5. The number of anilines is 1. The van der Waals surface area contributed by atoms with Crippen LogP contribution >= 0.6 is 0 Å². The van der Waals surface area contributed by atoms with Gasteiger partial charge in [0.25, 0.3) is 17.5 Å². The van der Waals surface area contributed by atoms with Crippen molar-refractivity contribution in [3.05, 3.63) is 64.2 Å². The first-order valence-electron chi connectivity index (χ1n) is 10.1. The Balaban J connectivity index is 1.90. The lowest BCUT2D eigenvalue weighted by Crippen LogP contribution is -2.54. The van der Waals surface area contributed by atoms with Crippen molar-refractivity contribution < 1.29 is 28.8 Å². The van der Waals surface area contributed by atoms with Crippen LogP contribution < -0.4 is 9.64 Å². The fraction of sp³-hybridized carbons (Fsp3) is 0.304. The molecule has 0 saturated carbocycles. The van der Waals surface area contributed by atoms with E-state index in [1.54, 1.807) is 20.8 Å². The summed E-state index contributed by atoms with van der Waals surface area (Å²) in [4.78, 5) is 63.2. The van der Waals surface area contributed by atoms with Gasteiger partial charge in [-0.15, -0.1) is 0 Å². The molecule has 1 aliphatic heterocycles. The van der Waals surface area contributed by atoms with Crippen LogP contribution in [0, 0.1) is 10.1 Å². The number of imide groups is 1. The maximum Gasteiger partial charge on any atom is 0.308 e. The first-order valence-corrected chi connectivity index (χ1v) is 10.1. The molecule has 3 rings (SSSR count). The number of nitrogens with zero attached hydrogens (tertiary/aromatic N) is 3. The molecule has 10 heteroatoms. The minimum Gasteiger partial charge on any atom is -0.427 e. The number of esters is 1. The molecule has 3 amide bonds. The van der Waals surface area contributed by atoms with Crippen LogP contribution in [-0.4, -0.2) is 45.1 Å². The van der Waals surface area contributed by atoms with E-state index in [2.05, 4.69) is 0 Å². The Kier molecular flexibility index (Phi) is 6.30. The number of non-ortho nitro benzene ring substituents is 1. The number of nitro groups is 1. The summed E-state index contributed by atoms with van der Waals surface area (Å²) >= 11 is 0. The molecule has 0 aromatic heterocycles. The third-order valence-corrected chi connectivity index (χ3v) is 5.06. The Hall–Kier alpha value is -4.08. The van der Waals surface area contributed by atoms with Gasteiger partial charge in [-0.05, 0) is 57.2 Å². The van der Waals surface area contributed by atoms with Crippen molar-refractivity contribution in [1.82, 2.24) is 4.90 Å². The van der Waals surface area contributed by atoms with E-state index in [1.165, 1.54) is 60.4 Å². The third-order valence-electron chi connectivity index (χ3n) is 5.06. The average Bonchev–Trinajstić information content (AvgIpc) is 3.01. The van der Waals surface area contributed by atoms with Crippen molar-refractivity contribution in [2.75, 3.05) is 4.90 Å². The zero-order valence-corrected chi connectivity index (χ0v) is 18.6. The van der Waals surface area contributed by atoms with Gasteiger partial charge in [0.2, 0.25) is 5.91 Å². The Morgan fingerprint density at radius 3 is 2.12 bits per heavy atom. The number of amides is 3. The van der Waals surface area contributed by atoms with E-state index in [9.17, 15) is 29.3 Å². The first-order chi connectivity index (χ1) is 15.4. The van der Waals surface area contributed by atoms with Gasteiger partial charge in [-0.25, -0.2) is 4.90 Å². The van der Waals surface area contributed by atoms with E-state index in [0.29, 0.717) is 5.69 Å². The van der Waals surface area contributed by atoms with Crippen molar-refractivity contribution in [3.8, 4) is 5.75 Å². The summed E-state index contributed by atoms with van der Waals surface area (Å²) in [6.07, 6.45) is -0.208. The van der Waals surface area contributed by atoms with Gasteiger partial charge in [0.1, 0.15) is 11.8 Å². The second-order valence-electron chi connectivity index (χ2n) is 8.52. The molecule has 1 heterocycles. The topological polar surface area (TPSA) is 127 Å². The Morgan fingerprint density at radius 2 is 1.64 bits per heavy atom. The van der Waals surface area contributed by atoms with Crippen molar-refractivity contribution in [2.45, 2.75) is 45.7 Å². The lowest BCUT2D eigenvalue weighted by molar-refractivity contribution is -0.384. The van der Waals surface area contributed by atoms with Gasteiger partial charge >= 0.3 is 5.97 Å². The maximum atomic E-state index is 13.3. The van der Waals surface area contributed by atoms with Crippen LogP contribution in [0.2, 0.25) is 0 Å². The average molecular weight is 453 g/mol. The van der Waals surface area contributed by atoms with Gasteiger partial charge in [0.15, 0.2) is 0 Å². The largest absolute Gasteiger partial charge is 0.427 e. The van der Waals surface area contributed by atoms with Crippen molar-refractivity contribution in [3.63, 3.8) is 0 Å². The highest BCUT2D eigenvalue weighted by atomic mass is 16.6. The highest BCUT2D eigenvalue weighted by molar-refractivity contribution is 6.23. The van der Waals surface area contributed by atoms with Crippen LogP contribution in [0.5, 0.6) is 5.75 Å². The number of hydrogen-bond acceptors (Lipinski definition) is 7. The van der Waals surface area contributed by atoms with E-state index in [4.69, 9.17) is 4.74 Å². The van der Waals surface area contributed by atoms with Crippen molar-refractivity contribution in [1.29, 1.82) is 0 Å². The van der Waals surface area contributed by atoms with Crippen molar-refractivity contribution in [2.24, 2.45) is 0 Å². The SMILES string of the molecule is CC(=O)Oc1ccc(N2C(=O)CC(N(C(=O)c3ccc([N+](=O)[O-])cc3)C(C)(C)C)C2=O)cc1. The van der Waals surface area contributed by atoms with E-state index in [1.807, 2.05) is 0 Å². The number of benzene rings is 2. The molecular weight excluding hydrogens is 430 g/mol. The molecule has 1 atom stereocenters. The predicted molar refractivity (Wildman–Crippen MR) is 118 cm³/mol. The number of rotatable bonds is 5. The Labute approximate surface area is 189 Å². The Bertz CT molecular complexity index is 1120. The number of ether oxygens (including phenoxy) is 1. The predicted octanol–water partition coefficient (Wildman–Crippen LogP) is 3.09. The molecule has 2 aromatic carbocycles. The molecule has 1 unspecified atom stereocenters. The molecule has 33 heavy (non-hydrogen) atoms. The lowest BCUT2D eigenvalue weighted by atomic mass is 9.99. The zero-order valence-electron chi connectivity index (χ0n) is 18.6. The van der Waals surface area contributed by atoms with Crippen molar-refractivity contribution >= 4 is 35.1 Å². The molecule has 0 radical (unpaired) electrons. The summed E-state index contributed by atoms with van der Waals surface area (Å²) in [5, 5.41) is 10.9. The van der Waals surface area contributed by atoms with Crippen LogP contribution in [0.4, 0.5) is 11.4 Å². The normalized spacial score (nSPS) is 16.0. The molecule has 0 aliphatic carbocycles. The first kappa shape index (κ1) is 23.6. The van der Waals surface area contributed by atoms with Gasteiger partial charge in [0.05, 0.1) is 17.0 Å². The second kappa shape index (κ2) is 8.81. The number of carbonyl (C=O) groups is 4. The van der Waals surface area contributed by atoms with E-state index < -0.39 is 40.2 Å². The summed E-state index contributed by atoms with van der Waals surface area (Å²) in [5.41, 5.74) is -0.529. The van der Waals surface area contributed by atoms with Crippen LogP contribution in [0.15, 0.2) is 48.5 Å². The minimum absolute atomic E-state index is 0.163. The standard InChI is InChI=1S/C23H23N3O7/c1-14(27)33-18-11-9-16(10-12-18)24-20(28)13-19(22(24)30)25(23(2,3)4)21(29)15-5-7-17(8-6-15)26(31)32/h5-12,19H,13H2,1-4H3. The van der Waals surface area contributed by atoms with Gasteiger partial charge in [-0.1, -0.05) is 0 Å². The second-order valence-corrected chi connectivity index (χ2v) is 8.52. The molecule has 0 spiro atoms. The summed E-state index contributed by atoms with van der Waals surface area (Å²) in [5.74, 6) is -1.79. The molecule has 172 valence electrons.